The summed E-state index contributed by atoms with van der Waals surface area (Å²) in [6.45, 7) is 4.81. The highest BCUT2D eigenvalue weighted by Crippen LogP contribution is 2.34. The molecule has 1 aliphatic heterocycles. The van der Waals surface area contributed by atoms with Crippen LogP contribution in [0.15, 0.2) is 22.7 Å². The standard InChI is InChI=1S/C11H13BrN2O/c1-3-14-7(2)11(15)13-9-5-4-8(12)6-10(9)14/h4-7H,3H2,1-2H3,(H,13,15). The van der Waals surface area contributed by atoms with Gasteiger partial charge in [-0.3, -0.25) is 4.79 Å². The molecule has 1 heterocycles. The van der Waals surface area contributed by atoms with Crippen molar-refractivity contribution in [2.24, 2.45) is 0 Å². The maximum Gasteiger partial charge on any atom is 0.246 e. The topological polar surface area (TPSA) is 32.3 Å². The second-order valence-corrected chi connectivity index (χ2v) is 4.53. The molecule has 2 rings (SSSR count). The number of nitrogens with zero attached hydrogens (tertiary/aromatic N) is 1. The number of nitrogens with one attached hydrogen (secondary N) is 1. The number of rotatable bonds is 1. The molecular weight excluding hydrogens is 256 g/mol. The van der Waals surface area contributed by atoms with Gasteiger partial charge in [-0.1, -0.05) is 15.9 Å². The largest absolute Gasteiger partial charge is 0.358 e. The molecule has 0 spiro atoms. The fourth-order valence-corrected chi connectivity index (χ4v) is 2.23. The maximum atomic E-state index is 11.6. The van der Waals surface area contributed by atoms with E-state index in [-0.39, 0.29) is 11.9 Å². The van der Waals surface area contributed by atoms with Gasteiger partial charge in [0.25, 0.3) is 0 Å². The summed E-state index contributed by atoms with van der Waals surface area (Å²) in [5.41, 5.74) is 1.97. The van der Waals surface area contributed by atoms with Crippen LogP contribution in [0.25, 0.3) is 0 Å². The second-order valence-electron chi connectivity index (χ2n) is 3.61. The summed E-state index contributed by atoms with van der Waals surface area (Å²) in [7, 11) is 0. The van der Waals surface area contributed by atoms with Crippen molar-refractivity contribution in [3.8, 4) is 0 Å². The molecule has 1 amide bonds. The first-order chi connectivity index (χ1) is 7.13. The molecule has 0 saturated heterocycles. The predicted molar refractivity (Wildman–Crippen MR) is 65.3 cm³/mol. The van der Waals surface area contributed by atoms with Crippen molar-refractivity contribution in [2.45, 2.75) is 19.9 Å². The van der Waals surface area contributed by atoms with Crippen molar-refractivity contribution in [3.05, 3.63) is 22.7 Å². The average Bonchev–Trinajstić information content (AvgIpc) is 2.21. The Morgan fingerprint density at radius 1 is 1.53 bits per heavy atom. The number of hydrogen-bond acceptors (Lipinski definition) is 2. The number of anilines is 2. The van der Waals surface area contributed by atoms with Gasteiger partial charge in [-0.25, -0.2) is 0 Å². The number of carbonyl (C=O) groups excluding carboxylic acids is 1. The second kappa shape index (κ2) is 3.85. The summed E-state index contributed by atoms with van der Waals surface area (Å²) in [5.74, 6) is 0.0617. The molecule has 0 aromatic heterocycles. The Labute approximate surface area is 97.6 Å². The summed E-state index contributed by atoms with van der Waals surface area (Å²) in [5, 5.41) is 2.90. The van der Waals surface area contributed by atoms with Crippen molar-refractivity contribution < 1.29 is 4.79 Å². The van der Waals surface area contributed by atoms with Gasteiger partial charge in [0.05, 0.1) is 11.4 Å². The van der Waals surface area contributed by atoms with Crippen molar-refractivity contribution in [3.63, 3.8) is 0 Å². The van der Waals surface area contributed by atoms with Crippen molar-refractivity contribution in [1.29, 1.82) is 0 Å². The number of carbonyl (C=O) groups is 1. The van der Waals surface area contributed by atoms with E-state index in [9.17, 15) is 4.79 Å². The van der Waals surface area contributed by atoms with E-state index in [2.05, 4.69) is 33.1 Å². The van der Waals surface area contributed by atoms with Crippen LogP contribution in [0, 0.1) is 0 Å². The lowest BCUT2D eigenvalue weighted by molar-refractivity contribution is -0.117. The molecule has 0 radical (unpaired) electrons. The number of benzene rings is 1. The van der Waals surface area contributed by atoms with E-state index in [4.69, 9.17) is 0 Å². The van der Waals surface area contributed by atoms with Gasteiger partial charge in [-0.2, -0.15) is 0 Å². The van der Waals surface area contributed by atoms with Crippen LogP contribution in [-0.2, 0) is 4.79 Å². The highest BCUT2D eigenvalue weighted by atomic mass is 79.9. The van der Waals surface area contributed by atoms with Gasteiger partial charge in [0.1, 0.15) is 6.04 Å². The fraction of sp³-hybridized carbons (Fsp3) is 0.364. The lowest BCUT2D eigenvalue weighted by atomic mass is 10.1. The number of fused-ring (bicyclic) bond motifs is 1. The summed E-state index contributed by atoms with van der Waals surface area (Å²) in [6, 6.07) is 5.79. The Bertz CT molecular complexity index is 406. The Morgan fingerprint density at radius 2 is 2.27 bits per heavy atom. The van der Waals surface area contributed by atoms with E-state index < -0.39 is 0 Å². The summed E-state index contributed by atoms with van der Waals surface area (Å²) in [6.07, 6.45) is 0. The quantitative estimate of drug-likeness (QED) is 0.850. The Balaban J connectivity index is 2.50. The van der Waals surface area contributed by atoms with Crippen molar-refractivity contribution >= 4 is 33.2 Å². The Hall–Kier alpha value is -1.03. The van der Waals surface area contributed by atoms with Gasteiger partial charge in [-0.05, 0) is 32.0 Å². The van der Waals surface area contributed by atoms with E-state index in [0.717, 1.165) is 22.4 Å². The molecule has 0 fully saturated rings. The number of amides is 1. The molecule has 0 aliphatic carbocycles. The summed E-state index contributed by atoms with van der Waals surface area (Å²) in [4.78, 5) is 13.7. The first-order valence-corrected chi connectivity index (χ1v) is 5.80. The molecule has 1 aromatic rings. The molecule has 1 unspecified atom stereocenters. The smallest absolute Gasteiger partial charge is 0.246 e. The molecule has 1 atom stereocenters. The zero-order chi connectivity index (χ0) is 11.0. The third-order valence-electron chi connectivity index (χ3n) is 2.71. The first kappa shape index (κ1) is 10.5. The van der Waals surface area contributed by atoms with Crippen LogP contribution < -0.4 is 10.2 Å². The molecule has 15 heavy (non-hydrogen) atoms. The van der Waals surface area contributed by atoms with Crippen LogP contribution in [0.2, 0.25) is 0 Å². The number of halogens is 1. The van der Waals surface area contributed by atoms with Gasteiger partial charge in [0, 0.05) is 11.0 Å². The average molecular weight is 269 g/mol. The number of hydrogen-bond donors (Lipinski definition) is 1. The van der Waals surface area contributed by atoms with E-state index in [1.54, 1.807) is 0 Å². The highest BCUT2D eigenvalue weighted by Gasteiger charge is 2.28. The van der Waals surface area contributed by atoms with Crippen LogP contribution >= 0.6 is 15.9 Å². The van der Waals surface area contributed by atoms with Crippen LogP contribution in [-0.4, -0.2) is 18.5 Å². The number of likely N-dealkylation sites (N-methyl/N-ethyl adjacent to an activating group) is 1. The molecule has 1 aliphatic rings. The van der Waals surface area contributed by atoms with Crippen molar-refractivity contribution in [1.82, 2.24) is 0 Å². The van der Waals surface area contributed by atoms with E-state index in [1.165, 1.54) is 0 Å². The van der Waals surface area contributed by atoms with Crippen LogP contribution in [0.5, 0.6) is 0 Å². The lowest BCUT2D eigenvalue weighted by Gasteiger charge is -2.35. The molecule has 0 saturated carbocycles. The molecule has 4 heteroatoms. The Kier molecular flexibility index (Phi) is 2.69. The van der Waals surface area contributed by atoms with Crippen LogP contribution in [0.3, 0.4) is 0 Å². The third kappa shape index (κ3) is 1.74. The lowest BCUT2D eigenvalue weighted by Crippen LogP contribution is -2.46. The molecule has 1 aromatic carbocycles. The van der Waals surface area contributed by atoms with Gasteiger partial charge >= 0.3 is 0 Å². The van der Waals surface area contributed by atoms with E-state index in [1.807, 2.05) is 25.1 Å². The normalized spacial score (nSPS) is 19.8. The molecule has 1 N–H and O–H groups in total. The van der Waals surface area contributed by atoms with E-state index in [0.29, 0.717) is 0 Å². The summed E-state index contributed by atoms with van der Waals surface area (Å²) >= 11 is 3.44. The SMILES string of the molecule is CCN1c2cc(Br)ccc2NC(=O)C1C. The highest BCUT2D eigenvalue weighted by molar-refractivity contribution is 9.10. The minimum atomic E-state index is -0.100. The van der Waals surface area contributed by atoms with Gasteiger partial charge < -0.3 is 10.2 Å². The third-order valence-corrected chi connectivity index (χ3v) is 3.21. The monoisotopic (exact) mass is 268 g/mol. The van der Waals surface area contributed by atoms with Gasteiger partial charge in [-0.15, -0.1) is 0 Å². The maximum absolute atomic E-state index is 11.6. The predicted octanol–water partition coefficient (Wildman–Crippen LogP) is 2.62. The van der Waals surface area contributed by atoms with Gasteiger partial charge in [0.2, 0.25) is 5.91 Å². The molecule has 0 bridgehead atoms. The zero-order valence-electron chi connectivity index (χ0n) is 8.75. The molecular formula is C11H13BrN2O. The van der Waals surface area contributed by atoms with Gasteiger partial charge in [0.15, 0.2) is 0 Å². The van der Waals surface area contributed by atoms with E-state index >= 15 is 0 Å². The molecule has 3 nitrogen and oxygen atoms in total. The zero-order valence-corrected chi connectivity index (χ0v) is 10.3. The first-order valence-electron chi connectivity index (χ1n) is 5.00. The van der Waals surface area contributed by atoms with Crippen molar-refractivity contribution in [2.75, 3.05) is 16.8 Å². The van der Waals surface area contributed by atoms with Crippen LogP contribution in [0.1, 0.15) is 13.8 Å². The minimum absolute atomic E-state index is 0.0617. The minimum Gasteiger partial charge on any atom is -0.358 e. The fourth-order valence-electron chi connectivity index (χ4n) is 1.88. The Morgan fingerprint density at radius 3 is 2.93 bits per heavy atom. The summed E-state index contributed by atoms with van der Waals surface area (Å²) < 4.78 is 1.03. The van der Waals surface area contributed by atoms with Crippen LogP contribution in [0.4, 0.5) is 11.4 Å². The molecule has 80 valence electrons.